The van der Waals surface area contributed by atoms with Gasteiger partial charge >= 0.3 is 0 Å². The zero-order valence-corrected chi connectivity index (χ0v) is 12.1. The average molecular weight is 279 g/mol. The maximum absolute atomic E-state index is 11.7. The molecule has 0 aliphatic heterocycles. The molecule has 0 spiro atoms. The van der Waals surface area contributed by atoms with Crippen LogP contribution in [0.4, 0.5) is 0 Å². The molecule has 1 rings (SSSR count). The van der Waals surface area contributed by atoms with Crippen molar-refractivity contribution in [2.45, 2.75) is 51.7 Å². The van der Waals surface area contributed by atoms with Crippen LogP contribution in [0.5, 0.6) is 0 Å². The molecule has 0 heterocycles. The molecule has 1 fully saturated rings. The molecule has 1 aliphatic rings. The van der Waals surface area contributed by atoms with Crippen molar-refractivity contribution in [1.82, 2.24) is 4.72 Å². The first kappa shape index (κ1) is 15.9. The Kier molecular flexibility index (Phi) is 6.55. The smallest absolute Gasteiger partial charge is 0.213 e. The third-order valence-electron chi connectivity index (χ3n) is 3.21. The standard InChI is InChI=1S/C12H25NO4S/c1-10(2)17-7-8-18(15,16)13-9-11-3-5-12(14)6-4-11/h10-14H,3-9H2,1-2H3. The second kappa shape index (κ2) is 7.43. The molecule has 0 atom stereocenters. The van der Waals surface area contributed by atoms with E-state index in [1.807, 2.05) is 13.8 Å². The summed E-state index contributed by atoms with van der Waals surface area (Å²) in [6.07, 6.45) is 3.21. The SMILES string of the molecule is CC(C)OCCS(=O)(=O)NCC1CCC(O)CC1. The number of hydrogen-bond donors (Lipinski definition) is 2. The van der Waals surface area contributed by atoms with Gasteiger partial charge in [0.05, 0.1) is 24.6 Å². The van der Waals surface area contributed by atoms with E-state index in [-0.39, 0.29) is 24.6 Å². The van der Waals surface area contributed by atoms with Crippen LogP contribution in [-0.2, 0) is 14.8 Å². The minimum absolute atomic E-state index is 0.0144. The Balaban J connectivity index is 2.20. The molecule has 0 aromatic carbocycles. The minimum Gasteiger partial charge on any atom is -0.393 e. The summed E-state index contributed by atoms with van der Waals surface area (Å²) in [7, 11) is -3.23. The third kappa shape index (κ3) is 6.68. The van der Waals surface area contributed by atoms with Gasteiger partial charge in [0.25, 0.3) is 0 Å². The van der Waals surface area contributed by atoms with Gasteiger partial charge in [0.1, 0.15) is 0 Å². The number of aliphatic hydroxyl groups excluding tert-OH is 1. The molecule has 0 unspecified atom stereocenters. The van der Waals surface area contributed by atoms with E-state index in [0.29, 0.717) is 12.5 Å². The van der Waals surface area contributed by atoms with Gasteiger partial charge in [-0.05, 0) is 45.4 Å². The quantitative estimate of drug-likeness (QED) is 0.725. The third-order valence-corrected chi connectivity index (χ3v) is 4.52. The molecule has 0 aromatic heterocycles. The maximum Gasteiger partial charge on any atom is 0.213 e. The lowest BCUT2D eigenvalue weighted by Crippen LogP contribution is -2.34. The molecule has 2 N–H and O–H groups in total. The highest BCUT2D eigenvalue weighted by molar-refractivity contribution is 7.89. The predicted molar refractivity (Wildman–Crippen MR) is 70.8 cm³/mol. The zero-order chi connectivity index (χ0) is 13.6. The Morgan fingerprint density at radius 2 is 1.89 bits per heavy atom. The molecule has 5 nitrogen and oxygen atoms in total. The first-order valence-corrected chi connectivity index (χ1v) is 8.31. The fraction of sp³-hybridized carbons (Fsp3) is 1.00. The topological polar surface area (TPSA) is 75.6 Å². The Labute approximate surface area is 110 Å². The highest BCUT2D eigenvalue weighted by Gasteiger charge is 2.21. The van der Waals surface area contributed by atoms with Crippen molar-refractivity contribution in [2.24, 2.45) is 5.92 Å². The highest BCUT2D eigenvalue weighted by atomic mass is 32.2. The van der Waals surface area contributed by atoms with Gasteiger partial charge < -0.3 is 9.84 Å². The first-order valence-electron chi connectivity index (χ1n) is 6.66. The van der Waals surface area contributed by atoms with E-state index in [0.717, 1.165) is 25.7 Å². The van der Waals surface area contributed by atoms with Crippen LogP contribution >= 0.6 is 0 Å². The molecule has 0 aromatic rings. The molecule has 18 heavy (non-hydrogen) atoms. The molecule has 0 radical (unpaired) electrons. The van der Waals surface area contributed by atoms with Crippen molar-refractivity contribution in [3.8, 4) is 0 Å². The summed E-state index contributed by atoms with van der Waals surface area (Å²) in [5, 5.41) is 9.37. The van der Waals surface area contributed by atoms with Gasteiger partial charge in [-0.2, -0.15) is 0 Å². The van der Waals surface area contributed by atoms with E-state index in [9.17, 15) is 13.5 Å². The summed E-state index contributed by atoms with van der Waals surface area (Å²) >= 11 is 0. The zero-order valence-electron chi connectivity index (χ0n) is 11.3. The van der Waals surface area contributed by atoms with Crippen LogP contribution in [0.25, 0.3) is 0 Å². The lowest BCUT2D eigenvalue weighted by molar-refractivity contribution is 0.0911. The van der Waals surface area contributed by atoms with E-state index in [2.05, 4.69) is 4.72 Å². The molecular weight excluding hydrogens is 254 g/mol. The summed E-state index contributed by atoms with van der Waals surface area (Å²) in [5.41, 5.74) is 0. The molecular formula is C12H25NO4S. The van der Waals surface area contributed by atoms with Gasteiger partial charge in [-0.3, -0.25) is 0 Å². The van der Waals surface area contributed by atoms with Crippen LogP contribution in [0.1, 0.15) is 39.5 Å². The van der Waals surface area contributed by atoms with Crippen molar-refractivity contribution in [3.05, 3.63) is 0 Å². The van der Waals surface area contributed by atoms with Crippen LogP contribution in [-0.4, -0.2) is 44.6 Å². The maximum atomic E-state index is 11.7. The summed E-state index contributed by atoms with van der Waals surface area (Å²) in [5.74, 6) is 0.370. The van der Waals surface area contributed by atoms with Crippen molar-refractivity contribution < 1.29 is 18.3 Å². The van der Waals surface area contributed by atoms with Crippen molar-refractivity contribution in [1.29, 1.82) is 0 Å². The number of hydrogen-bond acceptors (Lipinski definition) is 4. The largest absolute Gasteiger partial charge is 0.393 e. The Hall–Kier alpha value is -0.170. The monoisotopic (exact) mass is 279 g/mol. The second-order valence-electron chi connectivity index (χ2n) is 5.26. The molecule has 1 aliphatic carbocycles. The highest BCUT2D eigenvalue weighted by Crippen LogP contribution is 2.23. The summed E-state index contributed by atoms with van der Waals surface area (Å²) in [6.45, 7) is 4.48. The lowest BCUT2D eigenvalue weighted by atomic mass is 9.88. The lowest BCUT2D eigenvalue weighted by Gasteiger charge is -2.25. The van der Waals surface area contributed by atoms with Gasteiger partial charge in [-0.25, -0.2) is 13.1 Å². The Morgan fingerprint density at radius 3 is 2.44 bits per heavy atom. The first-order chi connectivity index (χ1) is 8.39. The molecule has 0 bridgehead atoms. The predicted octanol–water partition coefficient (Wildman–Crippen LogP) is 0.882. The number of sulfonamides is 1. The van der Waals surface area contributed by atoms with E-state index < -0.39 is 10.0 Å². The van der Waals surface area contributed by atoms with Gasteiger partial charge in [-0.15, -0.1) is 0 Å². The van der Waals surface area contributed by atoms with E-state index >= 15 is 0 Å². The van der Waals surface area contributed by atoms with Crippen molar-refractivity contribution >= 4 is 10.0 Å². The molecule has 0 saturated heterocycles. The van der Waals surface area contributed by atoms with E-state index in [1.54, 1.807) is 0 Å². The summed E-state index contributed by atoms with van der Waals surface area (Å²) < 4.78 is 31.2. The molecule has 6 heteroatoms. The van der Waals surface area contributed by atoms with E-state index in [1.165, 1.54) is 0 Å². The fourth-order valence-electron chi connectivity index (χ4n) is 2.06. The molecule has 108 valence electrons. The number of aliphatic hydroxyl groups is 1. The van der Waals surface area contributed by atoms with Crippen molar-refractivity contribution in [2.75, 3.05) is 18.9 Å². The van der Waals surface area contributed by atoms with Crippen LogP contribution in [0.2, 0.25) is 0 Å². The van der Waals surface area contributed by atoms with Crippen LogP contribution < -0.4 is 4.72 Å². The van der Waals surface area contributed by atoms with Crippen LogP contribution in [0, 0.1) is 5.92 Å². The minimum atomic E-state index is -3.23. The van der Waals surface area contributed by atoms with Gasteiger partial charge in [0.2, 0.25) is 10.0 Å². The summed E-state index contributed by atoms with van der Waals surface area (Å²) in [6, 6.07) is 0. The number of ether oxygens (including phenoxy) is 1. The van der Waals surface area contributed by atoms with Crippen molar-refractivity contribution in [3.63, 3.8) is 0 Å². The van der Waals surface area contributed by atoms with Gasteiger partial charge in [-0.1, -0.05) is 0 Å². The van der Waals surface area contributed by atoms with E-state index in [4.69, 9.17) is 4.74 Å². The van der Waals surface area contributed by atoms with Gasteiger partial charge in [0, 0.05) is 6.54 Å². The van der Waals surface area contributed by atoms with Crippen LogP contribution in [0.3, 0.4) is 0 Å². The summed E-state index contributed by atoms with van der Waals surface area (Å²) in [4.78, 5) is 0. The molecule has 1 saturated carbocycles. The second-order valence-corrected chi connectivity index (χ2v) is 7.19. The van der Waals surface area contributed by atoms with Crippen LogP contribution in [0.15, 0.2) is 0 Å². The van der Waals surface area contributed by atoms with Gasteiger partial charge in [0.15, 0.2) is 0 Å². The average Bonchev–Trinajstić information content (AvgIpc) is 2.27. The Morgan fingerprint density at radius 1 is 1.28 bits per heavy atom. The molecule has 0 amide bonds. The fourth-order valence-corrected chi connectivity index (χ4v) is 3.01. The Bertz CT molecular complexity index is 321. The normalized spacial score (nSPS) is 25.6. The number of nitrogens with one attached hydrogen (secondary N) is 1. The number of rotatable bonds is 7.